The first-order valence-electron chi connectivity index (χ1n) is 6.19. The lowest BCUT2D eigenvalue weighted by atomic mass is 10.2. The molecule has 0 aliphatic heterocycles. The van der Waals surface area contributed by atoms with Gasteiger partial charge in [0.25, 0.3) is 0 Å². The van der Waals surface area contributed by atoms with Crippen LogP contribution in [0.3, 0.4) is 0 Å². The van der Waals surface area contributed by atoms with Crippen LogP contribution in [0.15, 0.2) is 33.4 Å². The van der Waals surface area contributed by atoms with Crippen LogP contribution in [0.2, 0.25) is 5.02 Å². The van der Waals surface area contributed by atoms with E-state index in [1.165, 1.54) is 11.8 Å². The average molecular weight is 323 g/mol. The lowest BCUT2D eigenvalue weighted by molar-refractivity contribution is 0.318. The Morgan fingerprint density at radius 2 is 1.86 bits per heavy atom. The molecule has 1 aromatic carbocycles. The summed E-state index contributed by atoms with van der Waals surface area (Å²) >= 11 is 7.55. The standard InChI is InChI=1S/C14H15ClN4OS/c1-7-8(2)17-14(18-9(7)3)21-10-4-5-11(12(15)6-10)13(16)19-20/h4-6,20H,1-3H3,(H2,16,19). The predicted octanol–water partition coefficient (Wildman–Crippen LogP) is 3.30. The minimum Gasteiger partial charge on any atom is -0.409 e. The molecule has 1 heterocycles. The van der Waals surface area contributed by atoms with Crippen LogP contribution in [0.1, 0.15) is 22.5 Å². The molecule has 0 aliphatic rings. The van der Waals surface area contributed by atoms with Gasteiger partial charge >= 0.3 is 0 Å². The maximum atomic E-state index is 8.68. The summed E-state index contributed by atoms with van der Waals surface area (Å²) < 4.78 is 0. The average Bonchev–Trinajstić information content (AvgIpc) is 2.44. The Bertz CT molecular complexity index is 695. The zero-order chi connectivity index (χ0) is 15.6. The second kappa shape index (κ2) is 6.32. The molecule has 0 unspecified atom stereocenters. The van der Waals surface area contributed by atoms with E-state index in [1.54, 1.807) is 12.1 Å². The highest BCUT2D eigenvalue weighted by Crippen LogP contribution is 2.29. The van der Waals surface area contributed by atoms with Gasteiger partial charge in [-0.1, -0.05) is 16.8 Å². The van der Waals surface area contributed by atoms with Gasteiger partial charge in [-0.3, -0.25) is 0 Å². The summed E-state index contributed by atoms with van der Waals surface area (Å²) in [6.07, 6.45) is 0. The Hall–Kier alpha value is -1.79. The Labute approximate surface area is 132 Å². The monoisotopic (exact) mass is 322 g/mol. The Kier molecular flexibility index (Phi) is 4.69. The van der Waals surface area contributed by atoms with Crippen LogP contribution in [-0.2, 0) is 0 Å². The number of halogens is 1. The maximum absolute atomic E-state index is 8.68. The minimum absolute atomic E-state index is 0.0187. The van der Waals surface area contributed by atoms with Crippen molar-refractivity contribution in [3.8, 4) is 0 Å². The van der Waals surface area contributed by atoms with Gasteiger partial charge in [0.15, 0.2) is 11.0 Å². The number of aromatic nitrogens is 2. The zero-order valence-electron chi connectivity index (χ0n) is 11.9. The number of hydrogen-bond acceptors (Lipinski definition) is 5. The summed E-state index contributed by atoms with van der Waals surface area (Å²) in [5.74, 6) is -0.0187. The number of hydrogen-bond donors (Lipinski definition) is 2. The second-order valence-electron chi connectivity index (χ2n) is 4.53. The van der Waals surface area contributed by atoms with E-state index in [-0.39, 0.29) is 5.84 Å². The number of nitrogens with two attached hydrogens (primary N) is 1. The van der Waals surface area contributed by atoms with E-state index in [4.69, 9.17) is 22.5 Å². The van der Waals surface area contributed by atoms with Gasteiger partial charge in [0, 0.05) is 21.8 Å². The Balaban J connectivity index is 2.31. The molecule has 1 aromatic heterocycles. The van der Waals surface area contributed by atoms with E-state index >= 15 is 0 Å². The van der Waals surface area contributed by atoms with Crippen molar-refractivity contribution >= 4 is 29.2 Å². The van der Waals surface area contributed by atoms with Crippen molar-refractivity contribution in [2.75, 3.05) is 0 Å². The lowest BCUT2D eigenvalue weighted by Crippen LogP contribution is -2.13. The summed E-state index contributed by atoms with van der Waals surface area (Å²) in [6, 6.07) is 5.28. The molecule has 0 atom stereocenters. The van der Waals surface area contributed by atoms with Crippen LogP contribution in [0, 0.1) is 20.8 Å². The van der Waals surface area contributed by atoms with Crippen molar-refractivity contribution in [1.82, 2.24) is 9.97 Å². The van der Waals surface area contributed by atoms with Gasteiger partial charge in [-0.05, 0) is 56.3 Å². The summed E-state index contributed by atoms with van der Waals surface area (Å²) in [7, 11) is 0. The minimum atomic E-state index is -0.0187. The molecule has 3 N–H and O–H groups in total. The molecule has 0 saturated heterocycles. The summed E-state index contributed by atoms with van der Waals surface area (Å²) in [5.41, 5.74) is 9.05. The summed E-state index contributed by atoms with van der Waals surface area (Å²) in [4.78, 5) is 9.79. The molecule has 0 fully saturated rings. The Morgan fingerprint density at radius 3 is 2.38 bits per heavy atom. The molecule has 0 radical (unpaired) electrons. The van der Waals surface area contributed by atoms with Crippen LogP contribution in [0.4, 0.5) is 0 Å². The second-order valence-corrected chi connectivity index (χ2v) is 5.98. The van der Waals surface area contributed by atoms with E-state index in [0.29, 0.717) is 15.7 Å². The van der Waals surface area contributed by atoms with E-state index in [0.717, 1.165) is 21.8 Å². The number of oxime groups is 1. The fourth-order valence-electron chi connectivity index (χ4n) is 1.71. The first-order valence-corrected chi connectivity index (χ1v) is 7.39. The van der Waals surface area contributed by atoms with Crippen molar-refractivity contribution in [2.24, 2.45) is 10.9 Å². The highest BCUT2D eigenvalue weighted by molar-refractivity contribution is 7.99. The number of amidine groups is 1. The third kappa shape index (κ3) is 3.46. The molecule has 2 rings (SSSR count). The van der Waals surface area contributed by atoms with Crippen LogP contribution in [0.25, 0.3) is 0 Å². The van der Waals surface area contributed by atoms with Gasteiger partial charge in [0.1, 0.15) is 0 Å². The van der Waals surface area contributed by atoms with Crippen LogP contribution in [0.5, 0.6) is 0 Å². The fraction of sp³-hybridized carbons (Fsp3) is 0.214. The van der Waals surface area contributed by atoms with Gasteiger partial charge in [0.05, 0.1) is 5.02 Å². The molecular weight excluding hydrogens is 308 g/mol. The number of aryl methyl sites for hydroxylation is 2. The van der Waals surface area contributed by atoms with Crippen molar-refractivity contribution in [3.05, 3.63) is 45.7 Å². The number of benzene rings is 1. The third-order valence-corrected chi connectivity index (χ3v) is 4.31. The molecule has 7 heteroatoms. The third-order valence-electron chi connectivity index (χ3n) is 3.15. The zero-order valence-corrected chi connectivity index (χ0v) is 13.5. The molecule has 0 amide bonds. The van der Waals surface area contributed by atoms with Gasteiger partial charge in [-0.2, -0.15) is 0 Å². The van der Waals surface area contributed by atoms with E-state index in [9.17, 15) is 0 Å². The summed E-state index contributed by atoms with van der Waals surface area (Å²) in [5, 5.41) is 12.7. The predicted molar refractivity (Wildman–Crippen MR) is 84.3 cm³/mol. The van der Waals surface area contributed by atoms with E-state index < -0.39 is 0 Å². The molecule has 0 spiro atoms. The lowest BCUT2D eigenvalue weighted by Gasteiger charge is -2.08. The van der Waals surface area contributed by atoms with Crippen LogP contribution >= 0.6 is 23.4 Å². The largest absolute Gasteiger partial charge is 0.409 e. The SMILES string of the molecule is Cc1nc(Sc2ccc(C(N)=NO)c(Cl)c2)nc(C)c1C. The number of rotatable bonds is 3. The maximum Gasteiger partial charge on any atom is 0.192 e. The highest BCUT2D eigenvalue weighted by Gasteiger charge is 2.10. The molecule has 110 valence electrons. The molecule has 0 saturated carbocycles. The summed E-state index contributed by atoms with van der Waals surface area (Å²) in [6.45, 7) is 5.92. The van der Waals surface area contributed by atoms with Crippen molar-refractivity contribution in [3.63, 3.8) is 0 Å². The first kappa shape index (κ1) is 15.6. The quantitative estimate of drug-likeness (QED) is 0.298. The molecule has 0 bridgehead atoms. The van der Waals surface area contributed by atoms with Crippen molar-refractivity contribution < 1.29 is 5.21 Å². The van der Waals surface area contributed by atoms with Gasteiger partial charge in [-0.25, -0.2) is 9.97 Å². The Morgan fingerprint density at radius 1 is 1.24 bits per heavy atom. The van der Waals surface area contributed by atoms with Crippen LogP contribution in [-0.4, -0.2) is 21.0 Å². The molecule has 2 aromatic rings. The smallest absolute Gasteiger partial charge is 0.192 e. The van der Waals surface area contributed by atoms with Crippen molar-refractivity contribution in [1.29, 1.82) is 0 Å². The molecule has 21 heavy (non-hydrogen) atoms. The molecule has 0 aliphatic carbocycles. The fourth-order valence-corrected chi connectivity index (χ4v) is 2.94. The van der Waals surface area contributed by atoms with E-state index in [2.05, 4.69) is 15.1 Å². The number of nitrogens with zero attached hydrogens (tertiary/aromatic N) is 3. The van der Waals surface area contributed by atoms with Gasteiger partial charge < -0.3 is 10.9 Å². The van der Waals surface area contributed by atoms with Crippen LogP contribution < -0.4 is 5.73 Å². The van der Waals surface area contributed by atoms with Crippen molar-refractivity contribution in [2.45, 2.75) is 30.8 Å². The topological polar surface area (TPSA) is 84.4 Å². The normalized spacial score (nSPS) is 11.7. The highest BCUT2D eigenvalue weighted by atomic mass is 35.5. The first-order chi connectivity index (χ1) is 9.92. The van der Waals surface area contributed by atoms with E-state index in [1.807, 2.05) is 26.8 Å². The molecule has 5 nitrogen and oxygen atoms in total. The van der Waals surface area contributed by atoms with Gasteiger partial charge in [-0.15, -0.1) is 0 Å². The molecular formula is C14H15ClN4OS. The van der Waals surface area contributed by atoms with Gasteiger partial charge in [0.2, 0.25) is 0 Å².